The SMILES string of the molecule is CCC(CC)CNC(=NC)NC1CCCSC1.I. The number of thioether (sulfide) groups is 1. The predicted octanol–water partition coefficient (Wildman–Crippen LogP) is 3.10. The third-order valence-electron chi connectivity index (χ3n) is 3.44. The van der Waals surface area contributed by atoms with Crippen LogP contribution in [-0.4, -0.2) is 37.1 Å². The molecule has 5 heteroatoms. The summed E-state index contributed by atoms with van der Waals surface area (Å²) in [5.74, 6) is 4.27. The van der Waals surface area contributed by atoms with Crippen LogP contribution < -0.4 is 10.6 Å². The first-order chi connectivity index (χ1) is 8.30. The van der Waals surface area contributed by atoms with E-state index in [-0.39, 0.29) is 24.0 Å². The lowest BCUT2D eigenvalue weighted by molar-refractivity contribution is 0.477. The number of guanidine groups is 1. The minimum Gasteiger partial charge on any atom is -0.356 e. The van der Waals surface area contributed by atoms with Crippen molar-refractivity contribution in [3.63, 3.8) is 0 Å². The number of rotatable bonds is 5. The van der Waals surface area contributed by atoms with E-state index in [9.17, 15) is 0 Å². The van der Waals surface area contributed by atoms with Gasteiger partial charge in [-0.2, -0.15) is 11.8 Å². The fourth-order valence-electron chi connectivity index (χ4n) is 2.06. The number of nitrogens with one attached hydrogen (secondary N) is 2. The van der Waals surface area contributed by atoms with Crippen LogP contribution in [0.4, 0.5) is 0 Å². The molecule has 18 heavy (non-hydrogen) atoms. The van der Waals surface area contributed by atoms with Crippen LogP contribution in [0.1, 0.15) is 39.5 Å². The van der Waals surface area contributed by atoms with E-state index < -0.39 is 0 Å². The summed E-state index contributed by atoms with van der Waals surface area (Å²) in [4.78, 5) is 4.31. The van der Waals surface area contributed by atoms with Crippen molar-refractivity contribution in [1.29, 1.82) is 0 Å². The first-order valence-electron chi connectivity index (χ1n) is 6.85. The summed E-state index contributed by atoms with van der Waals surface area (Å²) in [6, 6.07) is 0.599. The summed E-state index contributed by atoms with van der Waals surface area (Å²) in [7, 11) is 1.86. The maximum atomic E-state index is 4.31. The molecule has 1 fully saturated rings. The van der Waals surface area contributed by atoms with Gasteiger partial charge in [0.15, 0.2) is 5.96 Å². The van der Waals surface area contributed by atoms with Crippen molar-refractivity contribution in [2.24, 2.45) is 10.9 Å². The molecular weight excluding hydrogens is 357 g/mol. The van der Waals surface area contributed by atoms with E-state index in [4.69, 9.17) is 0 Å². The molecule has 0 radical (unpaired) electrons. The molecule has 0 spiro atoms. The average molecular weight is 385 g/mol. The fraction of sp³-hybridized carbons (Fsp3) is 0.923. The molecule has 2 N–H and O–H groups in total. The summed E-state index contributed by atoms with van der Waals surface area (Å²) in [5.41, 5.74) is 0. The smallest absolute Gasteiger partial charge is 0.191 e. The number of nitrogens with zero attached hydrogens (tertiary/aromatic N) is 1. The van der Waals surface area contributed by atoms with Crippen molar-refractivity contribution in [3.05, 3.63) is 0 Å². The van der Waals surface area contributed by atoms with Crippen molar-refractivity contribution in [2.75, 3.05) is 25.1 Å². The minimum absolute atomic E-state index is 0. The average Bonchev–Trinajstić information content (AvgIpc) is 2.39. The zero-order valence-electron chi connectivity index (χ0n) is 11.9. The van der Waals surface area contributed by atoms with E-state index >= 15 is 0 Å². The highest BCUT2D eigenvalue weighted by Crippen LogP contribution is 2.16. The third kappa shape index (κ3) is 7.07. The Balaban J connectivity index is 0.00000289. The van der Waals surface area contributed by atoms with E-state index in [0.29, 0.717) is 6.04 Å². The van der Waals surface area contributed by atoms with Crippen LogP contribution in [-0.2, 0) is 0 Å². The molecule has 1 rings (SSSR count). The van der Waals surface area contributed by atoms with Crippen molar-refractivity contribution in [1.82, 2.24) is 10.6 Å². The molecule has 0 bridgehead atoms. The van der Waals surface area contributed by atoms with Gasteiger partial charge < -0.3 is 10.6 Å². The van der Waals surface area contributed by atoms with Gasteiger partial charge in [0, 0.05) is 25.4 Å². The Labute approximate surface area is 133 Å². The minimum atomic E-state index is 0. The Kier molecular flexibility index (Phi) is 11.4. The Hall–Kier alpha value is 0.350. The van der Waals surface area contributed by atoms with Crippen molar-refractivity contribution >= 4 is 41.7 Å². The first kappa shape index (κ1) is 18.4. The Morgan fingerprint density at radius 3 is 2.61 bits per heavy atom. The summed E-state index contributed by atoms with van der Waals surface area (Å²) in [6.07, 6.45) is 5.07. The van der Waals surface area contributed by atoms with E-state index in [1.165, 1.54) is 37.2 Å². The molecule has 0 aromatic heterocycles. The third-order valence-corrected chi connectivity index (χ3v) is 4.65. The highest BCUT2D eigenvalue weighted by atomic mass is 127. The molecule has 0 saturated carbocycles. The quantitative estimate of drug-likeness (QED) is 0.434. The second-order valence-electron chi connectivity index (χ2n) is 4.69. The summed E-state index contributed by atoms with van der Waals surface area (Å²) < 4.78 is 0. The fourth-order valence-corrected chi connectivity index (χ4v) is 3.13. The molecule has 1 atom stereocenters. The van der Waals surface area contributed by atoms with Crippen LogP contribution >= 0.6 is 35.7 Å². The van der Waals surface area contributed by atoms with Gasteiger partial charge in [-0.05, 0) is 24.5 Å². The lowest BCUT2D eigenvalue weighted by Gasteiger charge is -2.25. The van der Waals surface area contributed by atoms with E-state index in [0.717, 1.165) is 18.4 Å². The van der Waals surface area contributed by atoms with Crippen molar-refractivity contribution in [2.45, 2.75) is 45.6 Å². The van der Waals surface area contributed by atoms with Crippen LogP contribution in [0.3, 0.4) is 0 Å². The van der Waals surface area contributed by atoms with Crippen molar-refractivity contribution in [3.8, 4) is 0 Å². The standard InChI is InChI=1S/C13H27N3S.HI/c1-4-11(5-2)9-15-13(14-3)16-12-7-6-8-17-10-12;/h11-12H,4-10H2,1-3H3,(H2,14,15,16);1H. The topological polar surface area (TPSA) is 36.4 Å². The highest BCUT2D eigenvalue weighted by molar-refractivity contribution is 14.0. The molecule has 3 nitrogen and oxygen atoms in total. The van der Waals surface area contributed by atoms with E-state index in [2.05, 4.69) is 29.5 Å². The lowest BCUT2D eigenvalue weighted by Crippen LogP contribution is -2.46. The Morgan fingerprint density at radius 2 is 2.11 bits per heavy atom. The van der Waals surface area contributed by atoms with Gasteiger partial charge >= 0.3 is 0 Å². The van der Waals surface area contributed by atoms with Gasteiger partial charge in [-0.1, -0.05) is 26.7 Å². The normalized spacial score (nSPS) is 20.4. The maximum Gasteiger partial charge on any atom is 0.191 e. The van der Waals surface area contributed by atoms with Crippen LogP contribution in [0, 0.1) is 5.92 Å². The Morgan fingerprint density at radius 1 is 1.39 bits per heavy atom. The second-order valence-corrected chi connectivity index (χ2v) is 5.84. The molecule has 0 aliphatic carbocycles. The van der Waals surface area contributed by atoms with E-state index in [1.807, 2.05) is 18.8 Å². The zero-order valence-corrected chi connectivity index (χ0v) is 15.0. The molecule has 1 aliphatic heterocycles. The molecule has 0 amide bonds. The van der Waals surface area contributed by atoms with Gasteiger partial charge in [-0.25, -0.2) is 0 Å². The predicted molar refractivity (Wildman–Crippen MR) is 94.3 cm³/mol. The number of hydrogen-bond donors (Lipinski definition) is 2. The van der Waals surface area contributed by atoms with Gasteiger partial charge in [-0.3, -0.25) is 4.99 Å². The lowest BCUT2D eigenvalue weighted by atomic mass is 10.0. The maximum absolute atomic E-state index is 4.31. The van der Waals surface area contributed by atoms with Crippen LogP contribution in [0.15, 0.2) is 4.99 Å². The number of hydrogen-bond acceptors (Lipinski definition) is 2. The zero-order chi connectivity index (χ0) is 12.5. The van der Waals surface area contributed by atoms with Crippen LogP contribution in [0.2, 0.25) is 0 Å². The molecule has 1 aliphatic rings. The summed E-state index contributed by atoms with van der Waals surface area (Å²) >= 11 is 2.04. The molecule has 1 heterocycles. The van der Waals surface area contributed by atoms with Crippen molar-refractivity contribution < 1.29 is 0 Å². The molecule has 1 saturated heterocycles. The van der Waals surface area contributed by atoms with E-state index in [1.54, 1.807) is 0 Å². The summed E-state index contributed by atoms with van der Waals surface area (Å²) in [6.45, 7) is 5.54. The molecule has 108 valence electrons. The second kappa shape index (κ2) is 11.2. The first-order valence-corrected chi connectivity index (χ1v) is 8.00. The van der Waals surface area contributed by atoms with Crippen LogP contribution in [0.5, 0.6) is 0 Å². The number of halogens is 1. The van der Waals surface area contributed by atoms with Gasteiger partial charge in [0.05, 0.1) is 0 Å². The molecule has 0 aromatic rings. The summed E-state index contributed by atoms with van der Waals surface area (Å²) in [5, 5.41) is 6.98. The molecular formula is C13H28IN3S. The number of aliphatic imine (C=N–C) groups is 1. The van der Waals surface area contributed by atoms with Gasteiger partial charge in [-0.15, -0.1) is 24.0 Å². The van der Waals surface area contributed by atoms with Gasteiger partial charge in [0.25, 0.3) is 0 Å². The van der Waals surface area contributed by atoms with Gasteiger partial charge in [0.1, 0.15) is 0 Å². The molecule has 0 aromatic carbocycles. The highest BCUT2D eigenvalue weighted by Gasteiger charge is 2.15. The Bertz CT molecular complexity index is 226. The van der Waals surface area contributed by atoms with Crippen LogP contribution in [0.25, 0.3) is 0 Å². The molecule has 1 unspecified atom stereocenters. The monoisotopic (exact) mass is 385 g/mol. The largest absolute Gasteiger partial charge is 0.356 e. The van der Waals surface area contributed by atoms with Gasteiger partial charge in [0.2, 0.25) is 0 Å².